The number of benzene rings is 3. The van der Waals surface area contributed by atoms with Crippen LogP contribution in [0.3, 0.4) is 0 Å². The van der Waals surface area contributed by atoms with Gasteiger partial charge < -0.3 is 18.9 Å². The largest absolute Gasteiger partial charge is 0.496 e. The Morgan fingerprint density at radius 3 is 2.39 bits per heavy atom. The molecule has 172 valence electrons. The first-order valence-electron chi connectivity index (χ1n) is 10.0. The minimum atomic E-state index is -0.482. The number of amides is 1. The number of esters is 1. The molecule has 0 unspecified atom stereocenters. The van der Waals surface area contributed by atoms with Gasteiger partial charge in [0.2, 0.25) is 0 Å². The van der Waals surface area contributed by atoms with Crippen molar-refractivity contribution in [3.8, 4) is 17.2 Å². The Hall–Kier alpha value is -3.59. The highest BCUT2D eigenvalue weighted by Crippen LogP contribution is 2.36. The highest BCUT2D eigenvalue weighted by Gasteiger charge is 2.15. The summed E-state index contributed by atoms with van der Waals surface area (Å²) in [5, 5.41) is 5.93. The van der Waals surface area contributed by atoms with Crippen LogP contribution in [0.2, 0.25) is 0 Å². The normalized spacial score (nSPS) is 10.8. The maximum Gasteiger partial charge on any atom is 0.344 e. The molecule has 3 aromatic carbocycles. The summed E-state index contributed by atoms with van der Waals surface area (Å²) in [6.45, 7) is 1.74. The Bertz CT molecular complexity index is 1200. The lowest BCUT2D eigenvalue weighted by molar-refractivity contribution is -0.145. The third-order valence-electron chi connectivity index (χ3n) is 4.58. The Morgan fingerprint density at radius 1 is 1.03 bits per heavy atom. The fourth-order valence-electron chi connectivity index (χ4n) is 3.08. The van der Waals surface area contributed by atoms with Crippen LogP contribution in [0.1, 0.15) is 22.8 Å². The number of methoxy groups -OCH3 is 2. The molecule has 0 atom stereocenters. The third kappa shape index (κ3) is 6.01. The van der Waals surface area contributed by atoms with Gasteiger partial charge in [0.1, 0.15) is 5.75 Å². The zero-order valence-electron chi connectivity index (χ0n) is 18.4. The Balaban J connectivity index is 1.74. The first kappa shape index (κ1) is 24.1. The summed E-state index contributed by atoms with van der Waals surface area (Å²) in [4.78, 5) is 24.3. The van der Waals surface area contributed by atoms with E-state index in [1.807, 2.05) is 30.3 Å². The molecular weight excluding hydrogens is 492 g/mol. The van der Waals surface area contributed by atoms with Crippen molar-refractivity contribution in [2.75, 3.05) is 27.4 Å². The molecule has 0 aliphatic heterocycles. The summed E-state index contributed by atoms with van der Waals surface area (Å²) in [6.07, 6.45) is 1.47. The van der Waals surface area contributed by atoms with Crippen molar-refractivity contribution in [1.29, 1.82) is 0 Å². The van der Waals surface area contributed by atoms with Gasteiger partial charge in [-0.25, -0.2) is 10.2 Å². The zero-order valence-corrected chi connectivity index (χ0v) is 20.0. The molecule has 0 fully saturated rings. The lowest BCUT2D eigenvalue weighted by atomic mass is 10.1. The van der Waals surface area contributed by atoms with Crippen molar-refractivity contribution in [3.05, 3.63) is 64.1 Å². The van der Waals surface area contributed by atoms with Crippen molar-refractivity contribution in [3.63, 3.8) is 0 Å². The molecule has 0 aliphatic carbocycles. The zero-order chi connectivity index (χ0) is 23.8. The van der Waals surface area contributed by atoms with E-state index in [0.717, 1.165) is 10.8 Å². The average molecular weight is 515 g/mol. The van der Waals surface area contributed by atoms with Gasteiger partial charge in [-0.3, -0.25) is 4.79 Å². The van der Waals surface area contributed by atoms with E-state index in [2.05, 4.69) is 26.5 Å². The van der Waals surface area contributed by atoms with E-state index in [9.17, 15) is 9.59 Å². The van der Waals surface area contributed by atoms with Crippen LogP contribution < -0.4 is 19.6 Å². The molecule has 0 aromatic heterocycles. The SMILES string of the molecule is CCOC(=O)COc1c(Br)cc(/C=N\NC(=O)c2cc3ccccc3cc2OC)cc1OC. The number of ether oxygens (including phenoxy) is 4. The number of fused-ring (bicyclic) bond motifs is 1. The van der Waals surface area contributed by atoms with Gasteiger partial charge in [0.15, 0.2) is 18.1 Å². The quantitative estimate of drug-likeness (QED) is 0.259. The summed E-state index contributed by atoms with van der Waals surface area (Å²) in [6, 6.07) is 14.6. The maximum absolute atomic E-state index is 12.7. The predicted molar refractivity (Wildman–Crippen MR) is 128 cm³/mol. The van der Waals surface area contributed by atoms with Crippen LogP contribution in [0.15, 0.2) is 58.1 Å². The molecule has 1 N–H and O–H groups in total. The minimum Gasteiger partial charge on any atom is -0.496 e. The molecule has 0 spiro atoms. The highest BCUT2D eigenvalue weighted by molar-refractivity contribution is 9.10. The van der Waals surface area contributed by atoms with Crippen LogP contribution in [0.5, 0.6) is 17.2 Å². The van der Waals surface area contributed by atoms with Gasteiger partial charge in [-0.05, 0) is 63.5 Å². The number of halogens is 1. The second-order valence-electron chi connectivity index (χ2n) is 6.73. The van der Waals surface area contributed by atoms with Gasteiger partial charge in [0, 0.05) is 0 Å². The predicted octanol–water partition coefficient (Wildman–Crippen LogP) is 4.33. The van der Waals surface area contributed by atoms with E-state index in [1.54, 1.807) is 25.1 Å². The molecule has 0 saturated carbocycles. The number of hydrogen-bond acceptors (Lipinski definition) is 7. The molecule has 0 aliphatic rings. The van der Waals surface area contributed by atoms with Crippen LogP contribution in [0.4, 0.5) is 0 Å². The van der Waals surface area contributed by atoms with Crippen molar-refractivity contribution in [1.82, 2.24) is 5.43 Å². The van der Waals surface area contributed by atoms with Crippen molar-refractivity contribution < 1.29 is 28.5 Å². The Morgan fingerprint density at radius 2 is 1.73 bits per heavy atom. The Kier molecular flexibility index (Phi) is 8.26. The minimum absolute atomic E-state index is 0.250. The number of hydrogen-bond donors (Lipinski definition) is 1. The first-order valence-corrected chi connectivity index (χ1v) is 10.8. The van der Waals surface area contributed by atoms with Crippen molar-refractivity contribution >= 4 is 44.8 Å². The summed E-state index contributed by atoms with van der Waals surface area (Å²) in [7, 11) is 2.99. The molecule has 0 saturated heterocycles. The van der Waals surface area contributed by atoms with Gasteiger partial charge in [-0.1, -0.05) is 24.3 Å². The van der Waals surface area contributed by atoms with Crippen LogP contribution in [0, 0.1) is 0 Å². The monoisotopic (exact) mass is 514 g/mol. The summed E-state index contributed by atoms with van der Waals surface area (Å²) in [5.74, 6) is 0.303. The number of nitrogens with one attached hydrogen (secondary N) is 1. The third-order valence-corrected chi connectivity index (χ3v) is 5.17. The summed E-state index contributed by atoms with van der Waals surface area (Å²) >= 11 is 3.40. The van der Waals surface area contributed by atoms with Crippen molar-refractivity contribution in [2.24, 2.45) is 5.10 Å². The van der Waals surface area contributed by atoms with Gasteiger partial charge in [0.25, 0.3) is 5.91 Å². The highest BCUT2D eigenvalue weighted by atomic mass is 79.9. The van der Waals surface area contributed by atoms with E-state index < -0.39 is 11.9 Å². The fourth-order valence-corrected chi connectivity index (χ4v) is 3.65. The molecule has 9 heteroatoms. The lowest BCUT2D eigenvalue weighted by Crippen LogP contribution is -2.18. The smallest absolute Gasteiger partial charge is 0.344 e. The van der Waals surface area contributed by atoms with Crippen LogP contribution in [-0.2, 0) is 9.53 Å². The number of rotatable bonds is 9. The number of nitrogens with zero attached hydrogens (tertiary/aromatic N) is 1. The van der Waals surface area contributed by atoms with E-state index in [0.29, 0.717) is 32.8 Å². The van der Waals surface area contributed by atoms with Crippen LogP contribution >= 0.6 is 15.9 Å². The molecule has 0 heterocycles. The number of hydrazone groups is 1. The van der Waals surface area contributed by atoms with Crippen LogP contribution in [0.25, 0.3) is 10.8 Å². The second-order valence-corrected chi connectivity index (χ2v) is 7.58. The molecule has 0 bridgehead atoms. The molecule has 3 rings (SSSR count). The molecule has 33 heavy (non-hydrogen) atoms. The van der Waals surface area contributed by atoms with Crippen molar-refractivity contribution in [2.45, 2.75) is 6.92 Å². The van der Waals surface area contributed by atoms with E-state index in [4.69, 9.17) is 18.9 Å². The fraction of sp³-hybridized carbons (Fsp3) is 0.208. The molecule has 3 aromatic rings. The van der Waals surface area contributed by atoms with Gasteiger partial charge in [-0.15, -0.1) is 0 Å². The number of carbonyl (C=O) groups is 2. The summed E-state index contributed by atoms with van der Waals surface area (Å²) in [5.41, 5.74) is 3.52. The van der Waals surface area contributed by atoms with Gasteiger partial charge in [0.05, 0.1) is 37.1 Å². The average Bonchev–Trinajstić information content (AvgIpc) is 2.82. The topological polar surface area (TPSA) is 95.5 Å². The van der Waals surface area contributed by atoms with Gasteiger partial charge >= 0.3 is 5.97 Å². The summed E-state index contributed by atoms with van der Waals surface area (Å²) < 4.78 is 21.7. The van der Waals surface area contributed by atoms with Gasteiger partial charge in [-0.2, -0.15) is 5.10 Å². The van der Waals surface area contributed by atoms with E-state index in [1.165, 1.54) is 20.4 Å². The molecule has 1 amide bonds. The molecule has 8 nitrogen and oxygen atoms in total. The second kappa shape index (κ2) is 11.3. The Labute approximate surface area is 199 Å². The molecular formula is C24H23BrN2O6. The number of carbonyl (C=O) groups excluding carboxylic acids is 2. The molecule has 0 radical (unpaired) electrons. The van der Waals surface area contributed by atoms with E-state index >= 15 is 0 Å². The van der Waals surface area contributed by atoms with E-state index in [-0.39, 0.29) is 13.2 Å². The first-order chi connectivity index (χ1) is 16.0. The maximum atomic E-state index is 12.7. The van der Waals surface area contributed by atoms with Crippen LogP contribution in [-0.4, -0.2) is 45.5 Å². The lowest BCUT2D eigenvalue weighted by Gasteiger charge is -2.13. The standard InChI is InChI=1S/C24H23BrN2O6/c1-4-32-22(28)14-33-23-19(25)9-15(10-21(23)31-3)13-26-27-24(29)18-11-16-7-5-6-8-17(16)12-20(18)30-2/h5-13H,4,14H2,1-3H3,(H,27,29)/b26-13-.